The molecule has 0 radical (unpaired) electrons. The fourth-order valence-electron chi connectivity index (χ4n) is 7.92. The van der Waals surface area contributed by atoms with Crippen LogP contribution in [0.25, 0.3) is 99.1 Å². The second kappa shape index (κ2) is 12.5. The molecule has 0 spiro atoms. The van der Waals surface area contributed by atoms with E-state index < -0.39 is 0 Å². The Labute approximate surface area is 304 Å². The van der Waals surface area contributed by atoms with E-state index in [9.17, 15) is 0 Å². The van der Waals surface area contributed by atoms with E-state index in [1.54, 1.807) is 0 Å². The Morgan fingerprint density at radius 3 is 0.904 bits per heavy atom. The maximum atomic E-state index is 2.35. The fourth-order valence-corrected chi connectivity index (χ4v) is 7.92. The summed E-state index contributed by atoms with van der Waals surface area (Å²) in [5, 5.41) is 7.88. The molecule has 0 bridgehead atoms. The first kappa shape index (κ1) is 30.1. The highest BCUT2D eigenvalue weighted by atomic mass is 14.2. The second-order valence-electron chi connectivity index (χ2n) is 13.8. The molecule has 0 unspecified atom stereocenters. The summed E-state index contributed by atoms with van der Waals surface area (Å²) < 4.78 is 0. The molecule has 0 saturated heterocycles. The lowest BCUT2D eigenvalue weighted by atomic mass is 9.90. The molecule has 0 aliphatic carbocycles. The summed E-state index contributed by atoms with van der Waals surface area (Å²) >= 11 is 0. The summed E-state index contributed by atoms with van der Waals surface area (Å²) in [5.74, 6) is 0. The van der Waals surface area contributed by atoms with Crippen LogP contribution in [0, 0.1) is 0 Å². The van der Waals surface area contributed by atoms with Crippen LogP contribution in [0.5, 0.6) is 0 Å². The monoisotopic (exact) mass is 658 g/mol. The highest BCUT2D eigenvalue weighted by Gasteiger charge is 2.13. The van der Waals surface area contributed by atoms with Gasteiger partial charge in [-0.3, -0.25) is 0 Å². The molecule has 10 aromatic carbocycles. The number of hydrogen-bond donors (Lipinski definition) is 0. The lowest BCUT2D eigenvalue weighted by molar-refractivity contribution is 1.55. The average Bonchev–Trinajstić information content (AvgIpc) is 3.23. The Morgan fingerprint density at radius 1 is 0.154 bits per heavy atom. The van der Waals surface area contributed by atoms with Gasteiger partial charge < -0.3 is 0 Å². The lowest BCUT2D eigenvalue weighted by Crippen LogP contribution is -1.88. The van der Waals surface area contributed by atoms with Gasteiger partial charge in [-0.15, -0.1) is 0 Å². The van der Waals surface area contributed by atoms with Crippen LogP contribution in [-0.4, -0.2) is 0 Å². The van der Waals surface area contributed by atoms with Crippen molar-refractivity contribution in [3.8, 4) is 66.8 Å². The van der Waals surface area contributed by atoms with Crippen LogP contribution in [0.2, 0.25) is 0 Å². The topological polar surface area (TPSA) is 0 Å². The minimum Gasteiger partial charge on any atom is -0.0622 e. The van der Waals surface area contributed by atoms with Crippen LogP contribution in [0.1, 0.15) is 0 Å². The van der Waals surface area contributed by atoms with Crippen LogP contribution in [0.4, 0.5) is 0 Å². The Kier molecular flexibility index (Phi) is 7.25. The molecule has 10 rings (SSSR count). The smallest absolute Gasteiger partial charge is 0.00264 e. The first-order valence-corrected chi connectivity index (χ1v) is 18.0. The Morgan fingerprint density at radius 2 is 0.442 bits per heavy atom. The predicted octanol–water partition coefficient (Wildman–Crippen LogP) is 14.6. The van der Waals surface area contributed by atoms with Gasteiger partial charge in [0.15, 0.2) is 0 Å². The third-order valence-electron chi connectivity index (χ3n) is 10.6. The molecule has 0 aromatic heterocycles. The van der Waals surface area contributed by atoms with Crippen molar-refractivity contribution in [1.29, 1.82) is 0 Å². The van der Waals surface area contributed by atoms with E-state index in [4.69, 9.17) is 0 Å². The molecule has 0 amide bonds. The average molecular weight is 659 g/mol. The van der Waals surface area contributed by atoms with Gasteiger partial charge in [-0.1, -0.05) is 164 Å². The SMILES string of the molecule is c1ccc(-c2cccc(-c3cc(-c4ccc(-c5cc6ccc7cccc8ccc(c5)c6c78)cc4)cc(-c4cccc(-c5ccccc5)c4)c3)c2)cc1. The summed E-state index contributed by atoms with van der Waals surface area (Å²) in [6, 6.07) is 75.6. The van der Waals surface area contributed by atoms with Crippen molar-refractivity contribution in [1.82, 2.24) is 0 Å². The molecule has 0 aliphatic heterocycles. The van der Waals surface area contributed by atoms with Crippen molar-refractivity contribution in [2.45, 2.75) is 0 Å². The molecule has 0 aliphatic rings. The molecule has 0 atom stereocenters. The van der Waals surface area contributed by atoms with E-state index in [1.807, 2.05) is 0 Å². The first-order valence-electron chi connectivity index (χ1n) is 18.0. The standard InChI is InChI=1S/C52H34/c1-3-10-35(11-4-1)41-16-8-18-43(28-41)49-32-48(33-50(34-49)44-19-9-17-42(29-44)36-12-5-2-6-13-36)38-22-20-37(21-23-38)47-30-45-26-24-39-14-7-15-40-25-27-46(31-47)52(45)51(39)40/h1-34H. The third-order valence-corrected chi connectivity index (χ3v) is 10.6. The summed E-state index contributed by atoms with van der Waals surface area (Å²) in [7, 11) is 0. The summed E-state index contributed by atoms with van der Waals surface area (Å²) in [6.07, 6.45) is 0. The van der Waals surface area contributed by atoms with Gasteiger partial charge in [-0.05, 0) is 142 Å². The molecule has 0 saturated carbocycles. The van der Waals surface area contributed by atoms with E-state index in [2.05, 4.69) is 206 Å². The maximum absolute atomic E-state index is 2.35. The van der Waals surface area contributed by atoms with Crippen LogP contribution in [-0.2, 0) is 0 Å². The van der Waals surface area contributed by atoms with E-state index in [-0.39, 0.29) is 0 Å². The van der Waals surface area contributed by atoms with Gasteiger partial charge in [-0.25, -0.2) is 0 Å². The van der Waals surface area contributed by atoms with Gasteiger partial charge in [0.05, 0.1) is 0 Å². The molecule has 0 heterocycles. The van der Waals surface area contributed by atoms with Crippen molar-refractivity contribution < 1.29 is 0 Å². The van der Waals surface area contributed by atoms with Gasteiger partial charge in [-0.2, -0.15) is 0 Å². The second-order valence-corrected chi connectivity index (χ2v) is 13.8. The van der Waals surface area contributed by atoms with Crippen molar-refractivity contribution in [3.63, 3.8) is 0 Å². The van der Waals surface area contributed by atoms with Crippen molar-refractivity contribution >= 4 is 32.3 Å². The Hall–Kier alpha value is -6.76. The molecule has 0 nitrogen and oxygen atoms in total. The molecule has 0 heteroatoms. The zero-order chi connectivity index (χ0) is 34.4. The van der Waals surface area contributed by atoms with E-state index in [0.717, 1.165) is 0 Å². The highest BCUT2D eigenvalue weighted by molar-refractivity contribution is 6.23. The summed E-state index contributed by atoms with van der Waals surface area (Å²) in [4.78, 5) is 0. The van der Waals surface area contributed by atoms with Crippen molar-refractivity contribution in [3.05, 3.63) is 206 Å². The van der Waals surface area contributed by atoms with Crippen LogP contribution in [0.3, 0.4) is 0 Å². The Balaban J connectivity index is 1.08. The summed E-state index contributed by atoms with van der Waals surface area (Å²) in [5.41, 5.74) is 14.5. The first-order chi connectivity index (χ1) is 25.7. The number of hydrogen-bond acceptors (Lipinski definition) is 0. The van der Waals surface area contributed by atoms with Gasteiger partial charge >= 0.3 is 0 Å². The fraction of sp³-hybridized carbons (Fsp3) is 0. The minimum absolute atomic E-state index is 1.20. The van der Waals surface area contributed by atoms with Crippen molar-refractivity contribution in [2.75, 3.05) is 0 Å². The molecule has 0 N–H and O–H groups in total. The number of benzene rings is 10. The largest absolute Gasteiger partial charge is 0.0622 e. The molecule has 242 valence electrons. The number of rotatable bonds is 6. The highest BCUT2D eigenvalue weighted by Crippen LogP contribution is 2.39. The van der Waals surface area contributed by atoms with Gasteiger partial charge in [0.25, 0.3) is 0 Å². The lowest BCUT2D eigenvalue weighted by Gasteiger charge is -2.14. The van der Waals surface area contributed by atoms with E-state index >= 15 is 0 Å². The van der Waals surface area contributed by atoms with Crippen LogP contribution < -0.4 is 0 Å². The van der Waals surface area contributed by atoms with Crippen molar-refractivity contribution in [2.24, 2.45) is 0 Å². The van der Waals surface area contributed by atoms with Gasteiger partial charge in [0.1, 0.15) is 0 Å². The maximum Gasteiger partial charge on any atom is -0.00264 e. The zero-order valence-corrected chi connectivity index (χ0v) is 28.6. The van der Waals surface area contributed by atoms with Crippen LogP contribution >= 0.6 is 0 Å². The van der Waals surface area contributed by atoms with Gasteiger partial charge in [0.2, 0.25) is 0 Å². The molecular weight excluding hydrogens is 625 g/mol. The summed E-state index contributed by atoms with van der Waals surface area (Å²) in [6.45, 7) is 0. The van der Waals surface area contributed by atoms with E-state index in [0.29, 0.717) is 0 Å². The van der Waals surface area contributed by atoms with Crippen LogP contribution in [0.15, 0.2) is 206 Å². The molecule has 0 fully saturated rings. The third kappa shape index (κ3) is 5.43. The quantitative estimate of drug-likeness (QED) is 0.156. The molecular formula is C52H34. The zero-order valence-electron chi connectivity index (χ0n) is 28.6. The molecule has 52 heavy (non-hydrogen) atoms. The van der Waals surface area contributed by atoms with E-state index in [1.165, 1.54) is 99.1 Å². The van der Waals surface area contributed by atoms with Gasteiger partial charge in [0, 0.05) is 0 Å². The normalized spacial score (nSPS) is 11.5. The predicted molar refractivity (Wildman–Crippen MR) is 223 cm³/mol. The minimum atomic E-state index is 1.20. The molecule has 10 aromatic rings. The Bertz CT molecular complexity index is 2700.